The van der Waals surface area contributed by atoms with Gasteiger partial charge in [0.2, 0.25) is 5.91 Å². The Labute approximate surface area is 158 Å². The summed E-state index contributed by atoms with van der Waals surface area (Å²) < 4.78 is 7.32. The number of anilines is 1. The minimum Gasteiger partial charge on any atom is -0.379 e. The highest BCUT2D eigenvalue weighted by Crippen LogP contribution is 2.16. The van der Waals surface area contributed by atoms with Crippen molar-refractivity contribution in [3.8, 4) is 0 Å². The van der Waals surface area contributed by atoms with Gasteiger partial charge in [0.1, 0.15) is 12.4 Å². The lowest BCUT2D eigenvalue weighted by molar-refractivity contribution is -0.116. The summed E-state index contributed by atoms with van der Waals surface area (Å²) in [5.74, 6) is 0.786. The first-order valence-electron chi connectivity index (χ1n) is 9.30. The summed E-state index contributed by atoms with van der Waals surface area (Å²) in [6.45, 7) is 6.63. The number of morpholine rings is 1. The summed E-state index contributed by atoms with van der Waals surface area (Å²) in [5, 5.41) is 2.98. The Bertz CT molecular complexity index is 927. The van der Waals surface area contributed by atoms with E-state index in [-0.39, 0.29) is 12.5 Å². The van der Waals surface area contributed by atoms with Gasteiger partial charge in [0.15, 0.2) is 0 Å². The maximum absolute atomic E-state index is 12.5. The number of hydrogen-bond acceptors (Lipinski definition) is 4. The van der Waals surface area contributed by atoms with E-state index in [1.54, 1.807) is 0 Å². The summed E-state index contributed by atoms with van der Waals surface area (Å²) in [6.07, 6.45) is 0. The third kappa shape index (κ3) is 4.18. The maximum Gasteiger partial charge on any atom is 0.244 e. The quantitative estimate of drug-likeness (QED) is 0.756. The molecule has 1 N–H and O–H groups in total. The number of nitrogens with zero attached hydrogens (tertiary/aromatic N) is 3. The van der Waals surface area contributed by atoms with Crippen molar-refractivity contribution in [2.45, 2.75) is 20.0 Å². The Hall–Kier alpha value is -2.70. The molecular formula is C21H24N4O2. The van der Waals surface area contributed by atoms with E-state index in [9.17, 15) is 4.79 Å². The molecule has 6 nitrogen and oxygen atoms in total. The molecule has 0 aliphatic carbocycles. The lowest BCUT2D eigenvalue weighted by atomic mass is 10.2. The molecule has 1 aliphatic rings. The van der Waals surface area contributed by atoms with Gasteiger partial charge in [-0.2, -0.15) is 0 Å². The summed E-state index contributed by atoms with van der Waals surface area (Å²) in [4.78, 5) is 19.4. The molecule has 140 valence electrons. The monoisotopic (exact) mass is 364 g/mol. The number of amides is 1. The van der Waals surface area contributed by atoms with Crippen molar-refractivity contribution in [2.75, 3.05) is 31.6 Å². The second-order valence-electron chi connectivity index (χ2n) is 6.87. The fourth-order valence-corrected chi connectivity index (χ4v) is 3.45. The maximum atomic E-state index is 12.5. The van der Waals surface area contributed by atoms with Crippen molar-refractivity contribution >= 4 is 22.6 Å². The highest BCUT2D eigenvalue weighted by atomic mass is 16.5. The van der Waals surface area contributed by atoms with Gasteiger partial charge in [-0.05, 0) is 36.8 Å². The largest absolute Gasteiger partial charge is 0.379 e. The van der Waals surface area contributed by atoms with Crippen LogP contribution < -0.4 is 5.32 Å². The molecule has 27 heavy (non-hydrogen) atoms. The average Bonchev–Trinajstić information content (AvgIpc) is 2.99. The molecule has 2 aromatic carbocycles. The smallest absolute Gasteiger partial charge is 0.244 e. The number of carbonyl (C=O) groups is 1. The van der Waals surface area contributed by atoms with Crippen LogP contribution in [0, 0.1) is 6.92 Å². The van der Waals surface area contributed by atoms with Crippen LogP contribution in [-0.4, -0.2) is 46.7 Å². The lowest BCUT2D eigenvalue weighted by Gasteiger charge is -2.26. The first kappa shape index (κ1) is 17.7. The Kier molecular flexibility index (Phi) is 5.18. The van der Waals surface area contributed by atoms with Gasteiger partial charge >= 0.3 is 0 Å². The van der Waals surface area contributed by atoms with Crippen molar-refractivity contribution in [2.24, 2.45) is 0 Å². The number of aryl methyl sites for hydroxylation is 1. The predicted octanol–water partition coefficient (Wildman–Crippen LogP) is 2.82. The van der Waals surface area contributed by atoms with Crippen LogP contribution in [0.4, 0.5) is 5.69 Å². The van der Waals surface area contributed by atoms with E-state index in [0.717, 1.165) is 55.4 Å². The van der Waals surface area contributed by atoms with Gasteiger partial charge in [-0.25, -0.2) is 4.98 Å². The molecule has 0 unspecified atom stereocenters. The molecule has 0 spiro atoms. The van der Waals surface area contributed by atoms with E-state index in [1.807, 2.05) is 47.9 Å². The number of para-hydroxylation sites is 2. The summed E-state index contributed by atoms with van der Waals surface area (Å²) >= 11 is 0. The number of rotatable bonds is 5. The van der Waals surface area contributed by atoms with Gasteiger partial charge in [-0.1, -0.05) is 24.3 Å². The van der Waals surface area contributed by atoms with Crippen LogP contribution in [0.15, 0.2) is 48.5 Å². The average molecular weight is 364 g/mol. The molecule has 1 saturated heterocycles. The van der Waals surface area contributed by atoms with Gasteiger partial charge in [0, 0.05) is 25.3 Å². The van der Waals surface area contributed by atoms with Crippen LogP contribution in [0.3, 0.4) is 0 Å². The SMILES string of the molecule is Cc1nc2ccccc2n1CC(=O)Nc1ccc(CN2CCOCC2)cc1. The number of nitrogens with one attached hydrogen (secondary N) is 1. The van der Waals surface area contributed by atoms with E-state index >= 15 is 0 Å². The summed E-state index contributed by atoms with van der Waals surface area (Å²) in [7, 11) is 0. The number of ether oxygens (including phenoxy) is 1. The molecule has 0 saturated carbocycles. The van der Waals surface area contributed by atoms with Crippen molar-refractivity contribution in [3.05, 3.63) is 59.9 Å². The minimum absolute atomic E-state index is 0.0535. The molecule has 0 radical (unpaired) electrons. The second kappa shape index (κ2) is 7.90. The molecule has 3 aromatic rings. The van der Waals surface area contributed by atoms with E-state index in [2.05, 4.69) is 27.3 Å². The molecule has 0 bridgehead atoms. The van der Waals surface area contributed by atoms with Gasteiger partial charge in [0.25, 0.3) is 0 Å². The zero-order chi connectivity index (χ0) is 18.6. The van der Waals surface area contributed by atoms with E-state index in [0.29, 0.717) is 0 Å². The van der Waals surface area contributed by atoms with Crippen molar-refractivity contribution in [1.29, 1.82) is 0 Å². The van der Waals surface area contributed by atoms with Gasteiger partial charge in [0.05, 0.1) is 24.2 Å². The van der Waals surface area contributed by atoms with Gasteiger partial charge < -0.3 is 14.6 Å². The van der Waals surface area contributed by atoms with Gasteiger partial charge in [-0.3, -0.25) is 9.69 Å². The normalized spacial score (nSPS) is 15.1. The highest BCUT2D eigenvalue weighted by molar-refractivity contribution is 5.91. The van der Waals surface area contributed by atoms with Gasteiger partial charge in [-0.15, -0.1) is 0 Å². The van der Waals surface area contributed by atoms with Crippen LogP contribution in [0.1, 0.15) is 11.4 Å². The first-order chi connectivity index (χ1) is 13.2. The number of carbonyl (C=O) groups excluding carboxylic acids is 1. The highest BCUT2D eigenvalue weighted by Gasteiger charge is 2.12. The fourth-order valence-electron chi connectivity index (χ4n) is 3.45. The van der Waals surface area contributed by atoms with Crippen LogP contribution in [0.5, 0.6) is 0 Å². The zero-order valence-electron chi connectivity index (χ0n) is 15.5. The number of fused-ring (bicyclic) bond motifs is 1. The zero-order valence-corrected chi connectivity index (χ0v) is 15.5. The third-order valence-corrected chi connectivity index (χ3v) is 4.89. The number of aromatic nitrogens is 2. The summed E-state index contributed by atoms with van der Waals surface area (Å²) in [6, 6.07) is 15.9. The Balaban J connectivity index is 1.38. The second-order valence-corrected chi connectivity index (χ2v) is 6.87. The van der Waals surface area contributed by atoms with Crippen LogP contribution >= 0.6 is 0 Å². The molecule has 1 amide bonds. The van der Waals surface area contributed by atoms with E-state index < -0.39 is 0 Å². The molecule has 1 aliphatic heterocycles. The standard InChI is InChI=1S/C21H24N4O2/c1-16-22-19-4-2-3-5-20(19)25(16)15-21(26)23-18-8-6-17(7-9-18)14-24-10-12-27-13-11-24/h2-9H,10-15H2,1H3,(H,23,26). The summed E-state index contributed by atoms with van der Waals surface area (Å²) in [5.41, 5.74) is 3.94. The van der Waals surface area contributed by atoms with Crippen LogP contribution in [0.25, 0.3) is 11.0 Å². The van der Waals surface area contributed by atoms with E-state index in [4.69, 9.17) is 4.74 Å². The van der Waals surface area contributed by atoms with Crippen molar-refractivity contribution in [3.63, 3.8) is 0 Å². The van der Waals surface area contributed by atoms with Crippen LogP contribution in [0.2, 0.25) is 0 Å². The Morgan fingerprint density at radius 2 is 1.85 bits per heavy atom. The number of hydrogen-bond donors (Lipinski definition) is 1. The lowest BCUT2D eigenvalue weighted by Crippen LogP contribution is -2.35. The number of imidazole rings is 1. The Morgan fingerprint density at radius 3 is 2.63 bits per heavy atom. The molecule has 6 heteroatoms. The first-order valence-corrected chi connectivity index (χ1v) is 9.30. The minimum atomic E-state index is -0.0535. The third-order valence-electron chi connectivity index (χ3n) is 4.89. The molecule has 4 rings (SSSR count). The molecule has 2 heterocycles. The molecule has 1 aromatic heterocycles. The van der Waals surface area contributed by atoms with Crippen LogP contribution in [-0.2, 0) is 22.6 Å². The Morgan fingerprint density at radius 1 is 1.11 bits per heavy atom. The van der Waals surface area contributed by atoms with E-state index in [1.165, 1.54) is 5.56 Å². The fraction of sp³-hybridized carbons (Fsp3) is 0.333. The molecular weight excluding hydrogens is 340 g/mol. The number of benzene rings is 2. The molecule has 1 fully saturated rings. The van der Waals surface area contributed by atoms with Crippen molar-refractivity contribution in [1.82, 2.24) is 14.5 Å². The predicted molar refractivity (Wildman–Crippen MR) is 106 cm³/mol. The molecule has 0 atom stereocenters. The topological polar surface area (TPSA) is 59.4 Å². The van der Waals surface area contributed by atoms with Crippen molar-refractivity contribution < 1.29 is 9.53 Å².